The van der Waals surface area contributed by atoms with E-state index in [2.05, 4.69) is 12.1 Å². The number of amides is 1. The summed E-state index contributed by atoms with van der Waals surface area (Å²) in [7, 11) is 0. The fourth-order valence-electron chi connectivity index (χ4n) is 2.79. The van der Waals surface area contributed by atoms with Gasteiger partial charge in [0, 0.05) is 12.3 Å². The van der Waals surface area contributed by atoms with Gasteiger partial charge in [0.05, 0.1) is 30.0 Å². The lowest BCUT2D eigenvalue weighted by atomic mass is 10.1. The van der Waals surface area contributed by atoms with E-state index in [-0.39, 0.29) is 18.4 Å². The highest BCUT2D eigenvalue weighted by molar-refractivity contribution is 5.81. The third-order valence-electron chi connectivity index (χ3n) is 4.31. The number of carbonyl (C=O) groups is 1. The molecule has 3 aromatic rings. The summed E-state index contributed by atoms with van der Waals surface area (Å²) in [5.41, 5.74) is 2.31. The minimum atomic E-state index is -0.721. The van der Waals surface area contributed by atoms with Crippen molar-refractivity contribution in [2.24, 2.45) is 0 Å². The van der Waals surface area contributed by atoms with Gasteiger partial charge in [0.1, 0.15) is 6.61 Å². The van der Waals surface area contributed by atoms with Crippen LogP contribution in [0.2, 0.25) is 0 Å². The molecule has 0 saturated heterocycles. The fraction of sp³-hybridized carbons (Fsp3) is 0.333. The van der Waals surface area contributed by atoms with Crippen molar-refractivity contribution < 1.29 is 19.6 Å². The van der Waals surface area contributed by atoms with Crippen LogP contribution in [0.5, 0.6) is 0 Å². The highest BCUT2D eigenvalue weighted by Crippen LogP contribution is 2.22. The summed E-state index contributed by atoms with van der Waals surface area (Å²) in [6.45, 7) is 5.83. The molecule has 1 heterocycles. The van der Waals surface area contributed by atoms with E-state index < -0.39 is 11.5 Å². The van der Waals surface area contributed by atoms with Crippen molar-refractivity contribution in [1.29, 1.82) is 0 Å². The van der Waals surface area contributed by atoms with E-state index >= 15 is 0 Å². The maximum absolute atomic E-state index is 11.0. The number of fused-ring (bicyclic) bond motifs is 1. The number of hydrogen-bond acceptors (Lipinski definition) is 5. The van der Waals surface area contributed by atoms with Gasteiger partial charge in [0.2, 0.25) is 0 Å². The van der Waals surface area contributed by atoms with Crippen molar-refractivity contribution in [1.82, 2.24) is 15.0 Å². The highest BCUT2D eigenvalue weighted by atomic mass is 16.9. The summed E-state index contributed by atoms with van der Waals surface area (Å²) < 4.78 is 7.94. The second-order valence-corrected chi connectivity index (χ2v) is 7.22. The van der Waals surface area contributed by atoms with Crippen molar-refractivity contribution >= 4 is 16.8 Å². The minimum absolute atomic E-state index is 0.0196. The third-order valence-corrected chi connectivity index (χ3v) is 4.31. The lowest BCUT2D eigenvalue weighted by Gasteiger charge is -2.26. The Morgan fingerprint density at radius 1 is 1.14 bits per heavy atom. The maximum atomic E-state index is 11.0. The van der Waals surface area contributed by atoms with Gasteiger partial charge < -0.3 is 4.74 Å². The molecule has 0 bridgehead atoms. The summed E-state index contributed by atoms with van der Waals surface area (Å²) in [5, 5.41) is 15.3. The number of carbonyl (C=O) groups excluding carboxylic acids is 1. The summed E-state index contributed by atoms with van der Waals surface area (Å²) in [6, 6.07) is 18.2. The lowest BCUT2D eigenvalue weighted by Crippen LogP contribution is -2.36. The molecule has 7 nitrogen and oxygen atoms in total. The van der Waals surface area contributed by atoms with E-state index in [9.17, 15) is 10.0 Å². The molecule has 0 saturated carbocycles. The molecule has 0 fully saturated rings. The third kappa shape index (κ3) is 4.95. The normalized spacial score (nSPS) is 11.7. The Bertz CT molecular complexity index is 937. The summed E-state index contributed by atoms with van der Waals surface area (Å²) in [6.07, 6.45) is 0. The van der Waals surface area contributed by atoms with Crippen molar-refractivity contribution in [2.75, 3.05) is 6.61 Å². The van der Waals surface area contributed by atoms with Crippen molar-refractivity contribution in [3.05, 3.63) is 65.9 Å². The number of nitrogens with zero attached hydrogens (tertiary/aromatic N) is 3. The van der Waals surface area contributed by atoms with Crippen LogP contribution in [0.15, 0.2) is 54.6 Å². The Hall–Kier alpha value is -2.74. The van der Waals surface area contributed by atoms with E-state index in [0.29, 0.717) is 6.54 Å². The zero-order valence-electron chi connectivity index (χ0n) is 16.3. The van der Waals surface area contributed by atoms with Gasteiger partial charge in [-0.1, -0.05) is 53.8 Å². The van der Waals surface area contributed by atoms with Gasteiger partial charge in [-0.15, -0.1) is 0 Å². The first kappa shape index (κ1) is 20.0. The van der Waals surface area contributed by atoms with Crippen LogP contribution in [-0.2, 0) is 27.5 Å². The largest absolute Gasteiger partial charge is 0.367 e. The highest BCUT2D eigenvalue weighted by Gasteiger charge is 2.23. The number of hydrogen-bond donors (Lipinski definition) is 1. The van der Waals surface area contributed by atoms with E-state index in [1.807, 2.05) is 61.0 Å². The van der Waals surface area contributed by atoms with Crippen molar-refractivity contribution in [3.8, 4) is 0 Å². The van der Waals surface area contributed by atoms with E-state index in [4.69, 9.17) is 14.7 Å². The summed E-state index contributed by atoms with van der Waals surface area (Å²) >= 11 is 0. The van der Waals surface area contributed by atoms with Crippen LogP contribution in [0.3, 0.4) is 0 Å². The molecule has 3 rings (SSSR count). The predicted octanol–water partition coefficient (Wildman–Crippen LogP) is 3.55. The summed E-state index contributed by atoms with van der Waals surface area (Å²) in [5.74, 6) is -0.596. The first-order valence-electron chi connectivity index (χ1n) is 9.10. The van der Waals surface area contributed by atoms with E-state index in [0.717, 1.165) is 16.6 Å². The summed E-state index contributed by atoms with van der Waals surface area (Å²) in [4.78, 5) is 16.1. The molecule has 0 unspecified atom stereocenters. The molecule has 0 aliphatic heterocycles. The second-order valence-electron chi connectivity index (χ2n) is 7.22. The predicted molar refractivity (Wildman–Crippen MR) is 104 cm³/mol. The zero-order valence-corrected chi connectivity index (χ0v) is 16.3. The molecular formula is C21H25N3O4. The second kappa shape index (κ2) is 8.52. The molecule has 1 aromatic heterocycles. The molecule has 0 atom stereocenters. The van der Waals surface area contributed by atoms with Crippen LogP contribution in [0.4, 0.5) is 0 Å². The van der Waals surface area contributed by atoms with Gasteiger partial charge in [-0.25, -0.2) is 4.84 Å². The number of hydroxylamine groups is 2. The molecule has 0 aliphatic carbocycles. The first-order valence-corrected chi connectivity index (χ1v) is 9.10. The Labute approximate surface area is 164 Å². The van der Waals surface area contributed by atoms with Crippen LogP contribution >= 0.6 is 0 Å². The molecule has 0 radical (unpaired) electrons. The van der Waals surface area contributed by atoms with Gasteiger partial charge >= 0.3 is 0 Å². The molecule has 2 aromatic carbocycles. The molecule has 1 N–H and O–H groups in total. The Kier molecular flexibility index (Phi) is 6.08. The molecule has 7 heteroatoms. The zero-order chi connectivity index (χ0) is 20.1. The Morgan fingerprint density at radius 3 is 2.54 bits per heavy atom. The number of rotatable bonds is 8. The average molecular weight is 383 g/mol. The van der Waals surface area contributed by atoms with Gasteiger partial charge in [-0.3, -0.25) is 14.7 Å². The molecule has 148 valence electrons. The van der Waals surface area contributed by atoms with E-state index in [1.54, 1.807) is 0 Å². The quantitative estimate of drug-likeness (QED) is 0.475. The minimum Gasteiger partial charge on any atom is -0.367 e. The van der Waals surface area contributed by atoms with Crippen LogP contribution in [-0.4, -0.2) is 38.3 Å². The van der Waals surface area contributed by atoms with Gasteiger partial charge in [0.15, 0.2) is 0 Å². The lowest BCUT2D eigenvalue weighted by molar-refractivity contribution is -0.328. The number of aromatic nitrogens is 2. The molecular weight excluding hydrogens is 358 g/mol. The van der Waals surface area contributed by atoms with Crippen molar-refractivity contribution in [2.45, 2.75) is 39.5 Å². The van der Waals surface area contributed by atoms with Gasteiger partial charge in [-0.05, 0) is 25.5 Å². The van der Waals surface area contributed by atoms with Crippen molar-refractivity contribution in [3.63, 3.8) is 0 Å². The van der Waals surface area contributed by atoms with Crippen LogP contribution < -0.4 is 0 Å². The van der Waals surface area contributed by atoms with E-state index in [1.165, 1.54) is 12.5 Å². The van der Waals surface area contributed by atoms with Crippen LogP contribution in [0, 0.1) is 0 Å². The number of para-hydroxylation sites is 1. The Morgan fingerprint density at radius 2 is 1.82 bits per heavy atom. The smallest absolute Gasteiger partial charge is 0.270 e. The number of benzene rings is 2. The van der Waals surface area contributed by atoms with Gasteiger partial charge in [0.25, 0.3) is 5.91 Å². The molecule has 0 aliphatic rings. The van der Waals surface area contributed by atoms with Gasteiger partial charge in [-0.2, -0.15) is 5.10 Å². The fourth-order valence-corrected chi connectivity index (χ4v) is 2.79. The molecule has 28 heavy (non-hydrogen) atoms. The molecule has 1 amide bonds. The number of ether oxygens (including phenoxy) is 1. The average Bonchev–Trinajstić information content (AvgIpc) is 3.03. The van der Waals surface area contributed by atoms with Crippen LogP contribution in [0.25, 0.3) is 10.9 Å². The Balaban J connectivity index is 1.73. The van der Waals surface area contributed by atoms with Crippen LogP contribution in [0.1, 0.15) is 32.0 Å². The maximum Gasteiger partial charge on any atom is 0.270 e. The topological polar surface area (TPSA) is 76.8 Å². The molecule has 0 spiro atoms. The standard InChI is InChI=1S/C21H25N3O4/c1-16(25)24(26)28-15-21(2,3)27-14-19-18-11-7-8-12-20(18)23(22-19)13-17-9-5-4-6-10-17/h4-12,26H,13-15H2,1-3H3. The monoisotopic (exact) mass is 383 g/mol. The SMILES string of the molecule is CC(=O)N(O)OCC(C)(C)OCc1nn(Cc2ccccc2)c2ccccc12. The first-order chi connectivity index (χ1) is 13.4.